The number of halogens is 2. The Bertz CT molecular complexity index is 700. The number of anilines is 1. The summed E-state index contributed by atoms with van der Waals surface area (Å²) in [5.41, 5.74) is 0.781. The average molecular weight is 366 g/mol. The molecule has 2 rings (SSSR count). The zero-order valence-electron chi connectivity index (χ0n) is 9.43. The highest BCUT2D eigenvalue weighted by molar-refractivity contribution is 9.10. The first kappa shape index (κ1) is 14.4. The zero-order chi connectivity index (χ0) is 14.0. The van der Waals surface area contributed by atoms with Crippen LogP contribution in [0.5, 0.6) is 0 Å². The topological polar surface area (TPSA) is 66.4 Å². The fraction of sp³-hybridized carbons (Fsp3) is 0.0909. The minimum absolute atomic E-state index is 0.0905. The summed E-state index contributed by atoms with van der Waals surface area (Å²) in [6.07, 6.45) is 0. The van der Waals surface area contributed by atoms with Gasteiger partial charge >= 0.3 is 0 Å². The highest BCUT2D eigenvalue weighted by Gasteiger charge is 2.18. The molecule has 1 aromatic carbocycles. The van der Waals surface area contributed by atoms with Crippen LogP contribution in [0.15, 0.2) is 38.3 Å². The van der Waals surface area contributed by atoms with Crippen LogP contribution in [-0.2, 0) is 16.6 Å². The van der Waals surface area contributed by atoms with E-state index in [1.54, 1.807) is 5.38 Å². The van der Waals surface area contributed by atoms with Crippen molar-refractivity contribution in [3.8, 4) is 0 Å². The summed E-state index contributed by atoms with van der Waals surface area (Å²) < 4.78 is 39.8. The van der Waals surface area contributed by atoms with E-state index in [4.69, 9.17) is 5.11 Å². The van der Waals surface area contributed by atoms with Gasteiger partial charge in [-0.25, -0.2) is 12.8 Å². The summed E-state index contributed by atoms with van der Waals surface area (Å²) in [5.74, 6) is -0.464. The number of aliphatic hydroxyl groups is 1. The average Bonchev–Trinajstić information content (AvgIpc) is 2.82. The van der Waals surface area contributed by atoms with Crippen molar-refractivity contribution in [1.29, 1.82) is 0 Å². The quantitative estimate of drug-likeness (QED) is 0.875. The van der Waals surface area contributed by atoms with Gasteiger partial charge in [0.25, 0.3) is 10.0 Å². The predicted molar refractivity (Wildman–Crippen MR) is 75.2 cm³/mol. The van der Waals surface area contributed by atoms with E-state index in [1.165, 1.54) is 18.2 Å². The Morgan fingerprint density at radius 2 is 2.11 bits per heavy atom. The van der Waals surface area contributed by atoms with E-state index in [-0.39, 0.29) is 16.5 Å². The monoisotopic (exact) mass is 365 g/mol. The van der Waals surface area contributed by atoms with Gasteiger partial charge in [0.05, 0.1) is 12.3 Å². The number of thiophene rings is 1. The van der Waals surface area contributed by atoms with E-state index in [0.717, 1.165) is 17.4 Å². The van der Waals surface area contributed by atoms with Crippen LogP contribution in [-0.4, -0.2) is 13.5 Å². The molecular formula is C11H9BrFNO3S2. The Labute approximate surface area is 122 Å². The van der Waals surface area contributed by atoms with Gasteiger partial charge in [-0.15, -0.1) is 11.3 Å². The van der Waals surface area contributed by atoms with Crippen LogP contribution >= 0.6 is 27.3 Å². The van der Waals surface area contributed by atoms with Gasteiger partial charge in [-0.3, -0.25) is 4.72 Å². The Hall–Kier alpha value is -0.960. The second kappa shape index (κ2) is 5.58. The maximum Gasteiger partial charge on any atom is 0.271 e. The van der Waals surface area contributed by atoms with E-state index < -0.39 is 15.8 Å². The molecule has 0 radical (unpaired) electrons. The molecule has 0 aliphatic rings. The fourth-order valence-corrected chi connectivity index (χ4v) is 4.21. The maximum absolute atomic E-state index is 12.9. The lowest BCUT2D eigenvalue weighted by atomic mass is 10.3. The van der Waals surface area contributed by atoms with Crippen LogP contribution in [0.1, 0.15) is 5.56 Å². The molecule has 4 nitrogen and oxygen atoms in total. The molecule has 102 valence electrons. The molecule has 0 atom stereocenters. The molecule has 0 saturated carbocycles. The molecule has 0 fully saturated rings. The number of sulfonamides is 1. The van der Waals surface area contributed by atoms with Gasteiger partial charge in [-0.05, 0) is 51.1 Å². The molecule has 2 aromatic rings. The van der Waals surface area contributed by atoms with Gasteiger partial charge in [0.2, 0.25) is 0 Å². The van der Waals surface area contributed by atoms with E-state index >= 15 is 0 Å². The van der Waals surface area contributed by atoms with Crippen LogP contribution < -0.4 is 4.72 Å². The molecule has 1 aromatic heterocycles. The van der Waals surface area contributed by atoms with Crippen LogP contribution in [0.25, 0.3) is 0 Å². The summed E-state index contributed by atoms with van der Waals surface area (Å²) in [5, 5.41) is 10.5. The molecule has 0 unspecified atom stereocenters. The number of aliphatic hydroxyl groups excluding tert-OH is 1. The first-order valence-corrected chi connectivity index (χ1v) is 8.24. The molecule has 2 N–H and O–H groups in total. The zero-order valence-corrected chi connectivity index (χ0v) is 12.6. The molecule has 0 amide bonds. The van der Waals surface area contributed by atoms with Crippen LogP contribution in [0.4, 0.5) is 10.1 Å². The number of hydrogen-bond acceptors (Lipinski definition) is 4. The number of rotatable bonds is 4. The van der Waals surface area contributed by atoms with E-state index in [0.29, 0.717) is 10.0 Å². The number of nitrogens with one attached hydrogen (secondary N) is 1. The molecule has 0 saturated heterocycles. The molecule has 1 heterocycles. The molecule has 0 aliphatic heterocycles. The number of benzene rings is 1. The molecular weight excluding hydrogens is 357 g/mol. The van der Waals surface area contributed by atoms with Gasteiger partial charge in [0.15, 0.2) is 0 Å². The lowest BCUT2D eigenvalue weighted by Gasteiger charge is -2.08. The van der Waals surface area contributed by atoms with Gasteiger partial charge in [0, 0.05) is 4.47 Å². The van der Waals surface area contributed by atoms with Crippen molar-refractivity contribution in [3.63, 3.8) is 0 Å². The van der Waals surface area contributed by atoms with Crippen molar-refractivity contribution in [2.24, 2.45) is 0 Å². The summed E-state index contributed by atoms with van der Waals surface area (Å²) in [6, 6.07) is 5.06. The van der Waals surface area contributed by atoms with Crippen LogP contribution in [0.2, 0.25) is 0 Å². The van der Waals surface area contributed by atoms with Gasteiger partial charge in [0.1, 0.15) is 10.0 Å². The SMILES string of the molecule is O=S(=O)(Nc1ccc(F)cc1Br)c1cc(CO)cs1. The first-order valence-electron chi connectivity index (χ1n) is 5.08. The Kier molecular flexibility index (Phi) is 4.24. The second-order valence-electron chi connectivity index (χ2n) is 3.66. The van der Waals surface area contributed by atoms with Crippen molar-refractivity contribution in [2.75, 3.05) is 4.72 Å². The third-order valence-corrected chi connectivity index (χ3v) is 5.76. The lowest BCUT2D eigenvalue weighted by molar-refractivity contribution is 0.282. The summed E-state index contributed by atoms with van der Waals surface area (Å²) in [6.45, 7) is -0.216. The van der Waals surface area contributed by atoms with Crippen molar-refractivity contribution in [3.05, 3.63) is 45.5 Å². The lowest BCUT2D eigenvalue weighted by Crippen LogP contribution is -2.12. The summed E-state index contributed by atoms with van der Waals surface area (Å²) in [4.78, 5) is 0. The standard InChI is InChI=1S/C11H9BrFNO3S2/c12-9-4-8(13)1-2-10(9)14-19(16,17)11-3-7(5-15)6-18-11/h1-4,6,14-15H,5H2. The Morgan fingerprint density at radius 1 is 1.37 bits per heavy atom. The summed E-state index contributed by atoms with van der Waals surface area (Å²) >= 11 is 4.10. The number of hydrogen-bond donors (Lipinski definition) is 2. The fourth-order valence-electron chi connectivity index (χ4n) is 1.34. The van der Waals surface area contributed by atoms with Gasteiger partial charge in [-0.1, -0.05) is 0 Å². The highest BCUT2D eigenvalue weighted by Crippen LogP contribution is 2.28. The minimum atomic E-state index is -3.73. The minimum Gasteiger partial charge on any atom is -0.392 e. The first-order chi connectivity index (χ1) is 8.92. The van der Waals surface area contributed by atoms with Gasteiger partial charge in [-0.2, -0.15) is 0 Å². The Morgan fingerprint density at radius 3 is 2.68 bits per heavy atom. The molecule has 0 spiro atoms. The maximum atomic E-state index is 12.9. The van der Waals surface area contributed by atoms with Crippen molar-refractivity contribution >= 4 is 43.0 Å². The molecule has 8 heteroatoms. The highest BCUT2D eigenvalue weighted by atomic mass is 79.9. The van der Waals surface area contributed by atoms with E-state index in [9.17, 15) is 12.8 Å². The smallest absolute Gasteiger partial charge is 0.271 e. The van der Waals surface area contributed by atoms with Crippen molar-refractivity contribution in [1.82, 2.24) is 0 Å². The van der Waals surface area contributed by atoms with E-state index in [1.807, 2.05) is 0 Å². The largest absolute Gasteiger partial charge is 0.392 e. The van der Waals surface area contributed by atoms with Crippen molar-refractivity contribution in [2.45, 2.75) is 10.8 Å². The molecule has 0 bridgehead atoms. The third kappa shape index (κ3) is 3.33. The van der Waals surface area contributed by atoms with Crippen LogP contribution in [0, 0.1) is 5.82 Å². The normalized spacial score (nSPS) is 11.5. The summed E-state index contributed by atoms with van der Waals surface area (Å²) in [7, 11) is -3.73. The third-order valence-electron chi connectivity index (χ3n) is 2.25. The van der Waals surface area contributed by atoms with Crippen LogP contribution in [0.3, 0.4) is 0 Å². The molecule has 19 heavy (non-hydrogen) atoms. The predicted octanol–water partition coefficient (Wildman–Crippen LogP) is 2.94. The molecule has 0 aliphatic carbocycles. The second-order valence-corrected chi connectivity index (χ2v) is 7.34. The Balaban J connectivity index is 2.30. The van der Waals surface area contributed by atoms with Gasteiger partial charge < -0.3 is 5.11 Å². The van der Waals surface area contributed by atoms with E-state index in [2.05, 4.69) is 20.7 Å². The van der Waals surface area contributed by atoms with Crippen molar-refractivity contribution < 1.29 is 17.9 Å².